The zero-order chi connectivity index (χ0) is 16.5. The lowest BCUT2D eigenvalue weighted by Gasteiger charge is -2.31. The van der Waals surface area contributed by atoms with Crippen LogP contribution in [-0.4, -0.2) is 29.2 Å². The number of hydrogen-bond donors (Lipinski definition) is 0. The number of amides is 1. The van der Waals surface area contributed by atoms with Gasteiger partial charge in [-0.25, -0.2) is 0 Å². The lowest BCUT2D eigenvalue weighted by atomic mass is 10.0. The number of thioether (sulfide) groups is 1. The number of ether oxygens (including phenoxy) is 1. The summed E-state index contributed by atoms with van der Waals surface area (Å²) in [5, 5.41) is 0.110. The van der Waals surface area contributed by atoms with Gasteiger partial charge in [0.05, 0.1) is 0 Å². The number of rotatable bonds is 2. The average molecular weight is 339 g/mol. The maximum absolute atomic E-state index is 13.0. The molecule has 0 aliphatic carbocycles. The molecule has 4 rings (SSSR count). The summed E-state index contributed by atoms with van der Waals surface area (Å²) >= 11 is 1.84. The highest BCUT2D eigenvalue weighted by molar-refractivity contribution is 7.99. The van der Waals surface area contributed by atoms with E-state index in [1.165, 1.54) is 16.7 Å². The molecule has 2 aromatic rings. The molecule has 0 aromatic heterocycles. The Labute approximate surface area is 147 Å². The second kappa shape index (κ2) is 6.52. The molecule has 2 atom stereocenters. The Kier molecular flexibility index (Phi) is 4.23. The quantitative estimate of drug-likeness (QED) is 0.829. The van der Waals surface area contributed by atoms with Crippen molar-refractivity contribution in [3.05, 3.63) is 65.2 Å². The van der Waals surface area contributed by atoms with E-state index in [1.807, 2.05) is 34.9 Å². The van der Waals surface area contributed by atoms with E-state index in [9.17, 15) is 4.79 Å². The second-order valence-corrected chi connectivity index (χ2v) is 7.61. The first-order valence-corrected chi connectivity index (χ1v) is 9.50. The van der Waals surface area contributed by atoms with Crippen LogP contribution in [0.2, 0.25) is 0 Å². The molecular formula is C20H21NO2S. The largest absolute Gasteiger partial charge is 0.480 e. The van der Waals surface area contributed by atoms with Gasteiger partial charge in [0.1, 0.15) is 11.1 Å². The molecular weight excluding hydrogens is 318 g/mol. The SMILES string of the molecule is Cc1ccc(C2SCCN2C(=O)C2CCc3ccccc3O2)cc1. The van der Waals surface area contributed by atoms with Crippen molar-refractivity contribution in [2.75, 3.05) is 12.3 Å². The van der Waals surface area contributed by atoms with Gasteiger partial charge < -0.3 is 9.64 Å². The van der Waals surface area contributed by atoms with Crippen LogP contribution in [0.1, 0.15) is 28.5 Å². The molecule has 2 aromatic carbocycles. The van der Waals surface area contributed by atoms with Crippen LogP contribution in [0.15, 0.2) is 48.5 Å². The van der Waals surface area contributed by atoms with Gasteiger partial charge in [-0.3, -0.25) is 4.79 Å². The van der Waals surface area contributed by atoms with E-state index >= 15 is 0 Å². The Bertz CT molecular complexity index is 744. The first kappa shape index (κ1) is 15.6. The average Bonchev–Trinajstić information content (AvgIpc) is 3.11. The standard InChI is InChI=1S/C20H21NO2S/c1-14-6-8-16(9-7-14)20-21(12-13-24-20)19(22)18-11-10-15-4-2-3-5-17(15)23-18/h2-9,18,20H,10-13H2,1H3. The number of benzene rings is 2. The van der Waals surface area contributed by atoms with Gasteiger partial charge in [-0.2, -0.15) is 0 Å². The van der Waals surface area contributed by atoms with Crippen molar-refractivity contribution in [1.82, 2.24) is 4.90 Å². The van der Waals surface area contributed by atoms with E-state index in [-0.39, 0.29) is 17.4 Å². The fourth-order valence-electron chi connectivity index (χ4n) is 3.39. The Morgan fingerprint density at radius 3 is 2.79 bits per heavy atom. The van der Waals surface area contributed by atoms with Crippen molar-refractivity contribution >= 4 is 17.7 Å². The molecule has 0 radical (unpaired) electrons. The van der Waals surface area contributed by atoms with Gasteiger partial charge in [0.15, 0.2) is 6.10 Å². The summed E-state index contributed by atoms with van der Waals surface area (Å²) in [6, 6.07) is 16.5. The number of aryl methyl sites for hydroxylation is 2. The molecule has 124 valence electrons. The predicted octanol–water partition coefficient (Wildman–Crippen LogP) is 3.96. The highest BCUT2D eigenvalue weighted by Crippen LogP contribution is 2.39. The van der Waals surface area contributed by atoms with E-state index in [0.717, 1.165) is 30.9 Å². The first-order chi connectivity index (χ1) is 11.7. The maximum Gasteiger partial charge on any atom is 0.264 e. The summed E-state index contributed by atoms with van der Waals surface area (Å²) < 4.78 is 6.01. The lowest BCUT2D eigenvalue weighted by molar-refractivity contribution is -0.139. The van der Waals surface area contributed by atoms with Crippen molar-refractivity contribution in [3.8, 4) is 5.75 Å². The van der Waals surface area contributed by atoms with E-state index in [0.29, 0.717) is 0 Å². The Morgan fingerprint density at radius 1 is 1.17 bits per heavy atom. The highest BCUT2D eigenvalue weighted by Gasteiger charge is 2.36. The van der Waals surface area contributed by atoms with Crippen LogP contribution in [-0.2, 0) is 11.2 Å². The molecule has 2 aliphatic rings. The van der Waals surface area contributed by atoms with Crippen LogP contribution < -0.4 is 4.74 Å². The second-order valence-electron chi connectivity index (χ2n) is 6.42. The molecule has 1 saturated heterocycles. The molecule has 3 nitrogen and oxygen atoms in total. The Morgan fingerprint density at radius 2 is 1.96 bits per heavy atom. The van der Waals surface area contributed by atoms with E-state index in [4.69, 9.17) is 4.74 Å². The first-order valence-electron chi connectivity index (χ1n) is 8.45. The third-order valence-corrected chi connectivity index (χ3v) is 5.99. The smallest absolute Gasteiger partial charge is 0.264 e. The molecule has 24 heavy (non-hydrogen) atoms. The number of carbonyl (C=O) groups excluding carboxylic acids is 1. The van der Waals surface area contributed by atoms with Crippen LogP contribution in [0.25, 0.3) is 0 Å². The predicted molar refractivity (Wildman–Crippen MR) is 97.3 cm³/mol. The topological polar surface area (TPSA) is 29.5 Å². The lowest BCUT2D eigenvalue weighted by Crippen LogP contribution is -2.43. The van der Waals surface area contributed by atoms with Gasteiger partial charge in [-0.15, -0.1) is 11.8 Å². The van der Waals surface area contributed by atoms with Crippen molar-refractivity contribution in [3.63, 3.8) is 0 Å². The third-order valence-electron chi connectivity index (χ3n) is 4.73. The fraction of sp³-hybridized carbons (Fsp3) is 0.350. The summed E-state index contributed by atoms with van der Waals surface area (Å²) in [4.78, 5) is 15.0. The molecule has 0 bridgehead atoms. The molecule has 2 aliphatic heterocycles. The van der Waals surface area contributed by atoms with Crippen LogP contribution >= 0.6 is 11.8 Å². The molecule has 0 saturated carbocycles. The minimum atomic E-state index is -0.355. The Hall–Kier alpha value is -1.94. The van der Waals surface area contributed by atoms with Crippen molar-refractivity contribution in [2.24, 2.45) is 0 Å². The number of carbonyl (C=O) groups is 1. The van der Waals surface area contributed by atoms with Crippen molar-refractivity contribution in [1.29, 1.82) is 0 Å². The maximum atomic E-state index is 13.0. The molecule has 1 amide bonds. The normalized spacial score (nSPS) is 22.8. The Balaban J connectivity index is 1.52. The van der Waals surface area contributed by atoms with Crippen LogP contribution in [0, 0.1) is 6.92 Å². The van der Waals surface area contributed by atoms with Gasteiger partial charge in [0.25, 0.3) is 5.91 Å². The van der Waals surface area contributed by atoms with E-state index in [1.54, 1.807) is 0 Å². The summed E-state index contributed by atoms with van der Waals surface area (Å²) in [5.74, 6) is 1.97. The van der Waals surface area contributed by atoms with Gasteiger partial charge in [-0.1, -0.05) is 48.0 Å². The van der Waals surface area contributed by atoms with Crippen molar-refractivity contribution < 1.29 is 9.53 Å². The summed E-state index contributed by atoms with van der Waals surface area (Å²) in [5.41, 5.74) is 3.65. The number of nitrogens with zero attached hydrogens (tertiary/aromatic N) is 1. The zero-order valence-corrected chi connectivity index (χ0v) is 14.6. The van der Waals surface area contributed by atoms with Gasteiger partial charge in [0.2, 0.25) is 0 Å². The van der Waals surface area contributed by atoms with E-state index < -0.39 is 0 Å². The van der Waals surface area contributed by atoms with Crippen molar-refractivity contribution in [2.45, 2.75) is 31.2 Å². The highest BCUT2D eigenvalue weighted by atomic mass is 32.2. The minimum absolute atomic E-state index is 0.110. The molecule has 2 heterocycles. The molecule has 4 heteroatoms. The fourth-order valence-corrected chi connectivity index (χ4v) is 4.65. The van der Waals surface area contributed by atoms with Gasteiger partial charge >= 0.3 is 0 Å². The molecule has 0 spiro atoms. The molecule has 1 fully saturated rings. The minimum Gasteiger partial charge on any atom is -0.480 e. The zero-order valence-electron chi connectivity index (χ0n) is 13.8. The summed E-state index contributed by atoms with van der Waals surface area (Å²) in [7, 11) is 0. The monoisotopic (exact) mass is 339 g/mol. The van der Waals surface area contributed by atoms with Gasteiger partial charge in [0, 0.05) is 12.3 Å². The number of hydrogen-bond acceptors (Lipinski definition) is 3. The van der Waals surface area contributed by atoms with Gasteiger partial charge in [-0.05, 0) is 37.0 Å². The summed E-state index contributed by atoms with van der Waals surface area (Å²) in [6.45, 7) is 2.88. The molecule has 2 unspecified atom stereocenters. The number of para-hydroxylation sites is 1. The third kappa shape index (κ3) is 2.91. The number of fused-ring (bicyclic) bond motifs is 1. The van der Waals surface area contributed by atoms with E-state index in [2.05, 4.69) is 37.3 Å². The molecule has 0 N–H and O–H groups in total. The van der Waals surface area contributed by atoms with Crippen LogP contribution in [0.5, 0.6) is 5.75 Å². The van der Waals surface area contributed by atoms with Crippen LogP contribution in [0.4, 0.5) is 0 Å². The van der Waals surface area contributed by atoms with Crippen LogP contribution in [0.3, 0.4) is 0 Å². The summed E-state index contributed by atoms with van der Waals surface area (Å²) in [6.07, 6.45) is 1.31.